The Bertz CT molecular complexity index is 803. The van der Waals surface area contributed by atoms with E-state index in [0.717, 1.165) is 5.76 Å². The molecule has 0 aliphatic carbocycles. The van der Waals surface area contributed by atoms with Crippen molar-refractivity contribution in [1.29, 1.82) is 0 Å². The first kappa shape index (κ1) is 19.7. The van der Waals surface area contributed by atoms with E-state index in [1.165, 1.54) is 4.31 Å². The van der Waals surface area contributed by atoms with Gasteiger partial charge in [-0.15, -0.1) is 0 Å². The number of halogens is 2. The molecule has 0 fully saturated rings. The van der Waals surface area contributed by atoms with Crippen molar-refractivity contribution in [2.24, 2.45) is 0 Å². The van der Waals surface area contributed by atoms with Crippen LogP contribution < -0.4 is 0 Å². The molecule has 0 aliphatic heterocycles. The normalized spacial score (nSPS) is 12.3. The monoisotopic (exact) mass is 478 g/mol. The zero-order valence-electron chi connectivity index (χ0n) is 13.8. The van der Waals surface area contributed by atoms with Crippen molar-refractivity contribution in [3.8, 4) is 0 Å². The molecule has 0 spiro atoms. The topological polar surface area (TPSA) is 53.8 Å². The maximum Gasteiger partial charge on any atom is 0.244 e. The van der Waals surface area contributed by atoms with Crippen LogP contribution in [0, 0.1) is 6.92 Å². The molecule has 0 N–H and O–H groups in total. The highest BCUT2D eigenvalue weighted by Gasteiger charge is 2.27. The molecular weight excluding hydrogens is 460 g/mol. The van der Waals surface area contributed by atoms with Crippen LogP contribution in [0.25, 0.3) is 0 Å². The van der Waals surface area contributed by atoms with Crippen molar-refractivity contribution in [2.45, 2.75) is 18.4 Å². The molecule has 0 bridgehead atoms. The van der Waals surface area contributed by atoms with Crippen LogP contribution in [0.1, 0.15) is 11.5 Å². The van der Waals surface area contributed by atoms with Gasteiger partial charge in [0.1, 0.15) is 11.5 Å². The molecule has 2 aromatic rings. The number of rotatable bonds is 7. The summed E-state index contributed by atoms with van der Waals surface area (Å²) in [6.45, 7) is 3.02. The number of benzene rings is 1. The van der Waals surface area contributed by atoms with Crippen LogP contribution in [0.15, 0.2) is 48.6 Å². The predicted octanol–water partition coefficient (Wildman–Crippen LogP) is 3.87. The number of hydrogen-bond acceptors (Lipinski definition) is 4. The fraction of sp³-hybridized carbons (Fsp3) is 0.375. The van der Waals surface area contributed by atoms with Gasteiger partial charge in [0.05, 0.1) is 11.4 Å². The predicted molar refractivity (Wildman–Crippen MR) is 101 cm³/mol. The van der Waals surface area contributed by atoms with E-state index in [9.17, 15) is 8.42 Å². The summed E-state index contributed by atoms with van der Waals surface area (Å²) in [7, 11) is 0.158. The average Bonchev–Trinajstić information content (AvgIpc) is 2.90. The number of hydrogen-bond donors (Lipinski definition) is 0. The van der Waals surface area contributed by atoms with Gasteiger partial charge in [-0.2, -0.15) is 4.31 Å². The quantitative estimate of drug-likeness (QED) is 0.604. The van der Waals surface area contributed by atoms with Crippen LogP contribution in [0.4, 0.5) is 0 Å². The van der Waals surface area contributed by atoms with E-state index in [-0.39, 0.29) is 11.4 Å². The van der Waals surface area contributed by atoms with E-state index in [1.54, 1.807) is 18.2 Å². The molecule has 24 heavy (non-hydrogen) atoms. The smallest absolute Gasteiger partial charge is 0.244 e. The summed E-state index contributed by atoms with van der Waals surface area (Å²) in [6, 6.07) is 8.77. The summed E-state index contributed by atoms with van der Waals surface area (Å²) in [4.78, 5) is 2.19. The van der Waals surface area contributed by atoms with Gasteiger partial charge in [-0.3, -0.25) is 0 Å². The maximum atomic E-state index is 13.1. The van der Waals surface area contributed by atoms with Gasteiger partial charge in [0.25, 0.3) is 0 Å². The zero-order valence-corrected chi connectivity index (χ0v) is 17.8. The lowest BCUT2D eigenvalue weighted by Gasteiger charge is -2.23. The van der Waals surface area contributed by atoms with Gasteiger partial charge in [0.2, 0.25) is 10.0 Å². The Labute approximate surface area is 159 Å². The fourth-order valence-electron chi connectivity index (χ4n) is 2.15. The van der Waals surface area contributed by atoms with E-state index in [1.807, 2.05) is 38.1 Å². The van der Waals surface area contributed by atoms with Gasteiger partial charge in [-0.1, -0.05) is 15.9 Å². The lowest BCUT2D eigenvalue weighted by atomic mass is 10.4. The first-order chi connectivity index (χ1) is 11.2. The third kappa shape index (κ3) is 4.92. The number of sulfonamides is 1. The molecule has 0 unspecified atom stereocenters. The summed E-state index contributed by atoms with van der Waals surface area (Å²) in [5.41, 5.74) is 0. The first-order valence-corrected chi connectivity index (χ1v) is 10.4. The average molecular weight is 480 g/mol. The van der Waals surface area contributed by atoms with Crippen LogP contribution >= 0.6 is 31.9 Å². The third-order valence-electron chi connectivity index (χ3n) is 3.44. The van der Waals surface area contributed by atoms with Crippen molar-refractivity contribution in [3.63, 3.8) is 0 Å². The summed E-state index contributed by atoms with van der Waals surface area (Å²) in [6.07, 6.45) is 0. The van der Waals surface area contributed by atoms with Gasteiger partial charge in [0, 0.05) is 22.0 Å². The lowest BCUT2D eigenvalue weighted by Crippen LogP contribution is -2.36. The summed E-state index contributed by atoms with van der Waals surface area (Å²) in [5, 5.41) is 0. The Hall–Kier alpha value is -0.670. The number of nitrogens with zero attached hydrogens (tertiary/aromatic N) is 2. The van der Waals surface area contributed by atoms with E-state index in [2.05, 4.69) is 31.9 Å². The van der Waals surface area contributed by atoms with E-state index >= 15 is 0 Å². The molecule has 1 aromatic carbocycles. The Morgan fingerprint density at radius 2 is 1.79 bits per heavy atom. The molecule has 1 aromatic heterocycles. The third-order valence-corrected chi connectivity index (χ3v) is 6.77. The Morgan fingerprint density at radius 1 is 1.08 bits per heavy atom. The minimum absolute atomic E-state index is 0.197. The molecule has 0 amide bonds. The molecule has 8 heteroatoms. The highest BCUT2D eigenvalue weighted by atomic mass is 79.9. The van der Waals surface area contributed by atoms with Gasteiger partial charge in [-0.05, 0) is 67.3 Å². The van der Waals surface area contributed by atoms with E-state index in [4.69, 9.17) is 4.42 Å². The molecule has 0 radical (unpaired) electrons. The Kier molecular flexibility index (Phi) is 6.66. The van der Waals surface area contributed by atoms with Crippen molar-refractivity contribution in [3.05, 3.63) is 50.8 Å². The van der Waals surface area contributed by atoms with Crippen molar-refractivity contribution >= 4 is 41.9 Å². The van der Waals surface area contributed by atoms with Gasteiger partial charge < -0.3 is 9.32 Å². The van der Waals surface area contributed by atoms with E-state index < -0.39 is 10.0 Å². The second kappa shape index (κ2) is 8.14. The number of furan rings is 1. The van der Waals surface area contributed by atoms with Gasteiger partial charge in [-0.25, -0.2) is 8.42 Å². The van der Waals surface area contributed by atoms with Crippen molar-refractivity contribution < 1.29 is 12.8 Å². The summed E-state index contributed by atoms with van der Waals surface area (Å²) >= 11 is 6.68. The second-order valence-electron chi connectivity index (χ2n) is 5.73. The first-order valence-electron chi connectivity index (χ1n) is 7.35. The largest absolute Gasteiger partial charge is 0.465 e. The Morgan fingerprint density at radius 3 is 2.38 bits per heavy atom. The van der Waals surface area contributed by atoms with Crippen LogP contribution in [-0.4, -0.2) is 44.8 Å². The molecule has 2 rings (SSSR count). The molecule has 0 aliphatic rings. The summed E-state index contributed by atoms with van der Waals surface area (Å²) in [5.74, 6) is 1.39. The highest BCUT2D eigenvalue weighted by molar-refractivity contribution is 9.11. The van der Waals surface area contributed by atoms with Crippen molar-refractivity contribution in [1.82, 2.24) is 9.21 Å². The van der Waals surface area contributed by atoms with Gasteiger partial charge >= 0.3 is 0 Å². The molecule has 1 heterocycles. The SMILES string of the molecule is Cc1ccc(CN(CCN(C)C)S(=O)(=O)c2cc(Br)ccc2Br)o1. The molecule has 5 nitrogen and oxygen atoms in total. The molecule has 132 valence electrons. The zero-order chi connectivity index (χ0) is 17.9. The highest BCUT2D eigenvalue weighted by Crippen LogP contribution is 2.29. The van der Waals surface area contributed by atoms with Crippen LogP contribution in [0.3, 0.4) is 0 Å². The molecule has 0 saturated carbocycles. The van der Waals surface area contributed by atoms with Crippen LogP contribution in [0.5, 0.6) is 0 Å². The standard InChI is InChI=1S/C16H20Br2N2O3S/c1-12-4-6-14(23-12)11-20(9-8-19(2)3)24(21,22)16-10-13(17)5-7-15(16)18/h4-7,10H,8-9,11H2,1-3H3. The van der Waals surface area contributed by atoms with Crippen LogP contribution in [0.2, 0.25) is 0 Å². The maximum absolute atomic E-state index is 13.1. The fourth-order valence-corrected chi connectivity index (χ4v) is 5.01. The van der Waals surface area contributed by atoms with Crippen molar-refractivity contribution in [2.75, 3.05) is 27.2 Å². The minimum atomic E-state index is -3.67. The van der Waals surface area contributed by atoms with Gasteiger partial charge in [0.15, 0.2) is 0 Å². The molecule has 0 atom stereocenters. The number of likely N-dealkylation sites (N-methyl/N-ethyl adjacent to an activating group) is 1. The molecular formula is C16H20Br2N2O3S. The van der Waals surface area contributed by atoms with E-state index in [0.29, 0.717) is 27.8 Å². The molecule has 0 saturated heterocycles. The number of aryl methyl sites for hydroxylation is 1. The second-order valence-corrected chi connectivity index (χ2v) is 9.41. The minimum Gasteiger partial charge on any atom is -0.465 e. The summed E-state index contributed by atoms with van der Waals surface area (Å²) < 4.78 is 34.5. The van der Waals surface area contributed by atoms with Crippen LogP contribution in [-0.2, 0) is 16.6 Å². The Balaban J connectivity index is 2.38. The lowest BCUT2D eigenvalue weighted by molar-refractivity contribution is 0.310.